The highest BCUT2D eigenvalue weighted by atomic mass is 35.5. The van der Waals surface area contributed by atoms with Crippen molar-refractivity contribution in [1.29, 1.82) is 0 Å². The molecule has 4 rings (SSSR count). The van der Waals surface area contributed by atoms with Crippen LogP contribution in [0.25, 0.3) is 0 Å². The molecule has 1 saturated carbocycles. The summed E-state index contributed by atoms with van der Waals surface area (Å²) in [5, 5.41) is 12.2. The summed E-state index contributed by atoms with van der Waals surface area (Å²) in [5.74, 6) is 1.84. The first-order valence-electron chi connectivity index (χ1n) is 11.0. The molecule has 2 aromatic rings. The molecule has 0 bridgehead atoms. The zero-order chi connectivity index (χ0) is 21.1. The van der Waals surface area contributed by atoms with E-state index in [1.165, 1.54) is 30.6 Å². The Bertz CT molecular complexity index is 862. The van der Waals surface area contributed by atoms with Crippen molar-refractivity contribution in [2.45, 2.75) is 70.6 Å². The number of amides is 1. The Morgan fingerprint density at radius 2 is 2.07 bits per heavy atom. The molecule has 0 radical (unpaired) electrons. The van der Waals surface area contributed by atoms with Crippen LogP contribution in [0.2, 0.25) is 4.34 Å². The van der Waals surface area contributed by atoms with Gasteiger partial charge in [0.15, 0.2) is 5.82 Å². The minimum atomic E-state index is -0.0505. The van der Waals surface area contributed by atoms with Gasteiger partial charge < -0.3 is 15.1 Å². The fourth-order valence-corrected chi connectivity index (χ4v) is 5.66. The molecule has 1 saturated heterocycles. The lowest BCUT2D eigenvalue weighted by Crippen LogP contribution is -2.34. The number of nitrogens with one attached hydrogen (secondary N) is 1. The molecule has 1 unspecified atom stereocenters. The van der Waals surface area contributed by atoms with Crippen LogP contribution in [-0.4, -0.2) is 51.8 Å². The summed E-state index contributed by atoms with van der Waals surface area (Å²) in [4.78, 5) is 17.7. The second-order valence-corrected chi connectivity index (χ2v) is 10.1. The van der Waals surface area contributed by atoms with Gasteiger partial charge in [0.2, 0.25) is 11.9 Å². The molecular weight excluding hydrogens is 420 g/mol. The van der Waals surface area contributed by atoms with Gasteiger partial charge in [-0.3, -0.25) is 9.36 Å². The van der Waals surface area contributed by atoms with Crippen LogP contribution in [0.3, 0.4) is 0 Å². The molecule has 1 atom stereocenters. The minimum Gasteiger partial charge on any atom is -0.346 e. The van der Waals surface area contributed by atoms with Crippen molar-refractivity contribution in [3.05, 3.63) is 27.2 Å². The molecule has 2 fully saturated rings. The van der Waals surface area contributed by atoms with Gasteiger partial charge in [-0.2, -0.15) is 0 Å². The Kier molecular flexibility index (Phi) is 6.95. The first-order valence-corrected chi connectivity index (χ1v) is 12.2. The second kappa shape index (κ2) is 9.66. The van der Waals surface area contributed by atoms with E-state index < -0.39 is 0 Å². The van der Waals surface area contributed by atoms with Gasteiger partial charge in [0.25, 0.3) is 0 Å². The summed E-state index contributed by atoms with van der Waals surface area (Å²) < 4.78 is 3.02. The molecule has 1 N–H and O–H groups in total. The Morgan fingerprint density at radius 3 is 2.70 bits per heavy atom. The third kappa shape index (κ3) is 4.81. The van der Waals surface area contributed by atoms with E-state index in [1.54, 1.807) is 11.3 Å². The van der Waals surface area contributed by atoms with Crippen LogP contribution in [0, 0.1) is 0 Å². The molecule has 0 aromatic carbocycles. The number of rotatable bonds is 9. The molecule has 0 spiro atoms. The van der Waals surface area contributed by atoms with Gasteiger partial charge in [-0.25, -0.2) is 0 Å². The summed E-state index contributed by atoms with van der Waals surface area (Å²) in [6, 6.07) is 4.64. The molecule has 1 aliphatic carbocycles. The van der Waals surface area contributed by atoms with Gasteiger partial charge in [-0.15, -0.1) is 21.5 Å². The monoisotopic (exact) mass is 450 g/mol. The summed E-state index contributed by atoms with van der Waals surface area (Å²) in [7, 11) is 2.22. The SMILES string of the molecule is CCN(Cc1ccc(Cl)s1)c1nnc(C2CCC(=O)N2)n1CCN(C)C1CCCC1. The number of hydrogen-bond donors (Lipinski definition) is 1. The second-order valence-electron chi connectivity index (χ2n) is 8.31. The zero-order valence-electron chi connectivity index (χ0n) is 17.8. The Morgan fingerprint density at radius 1 is 1.27 bits per heavy atom. The van der Waals surface area contributed by atoms with Crippen molar-refractivity contribution >= 4 is 34.8 Å². The number of likely N-dealkylation sites (N-methyl/N-ethyl adjacent to an activating group) is 1. The van der Waals surface area contributed by atoms with E-state index in [2.05, 4.69) is 49.9 Å². The van der Waals surface area contributed by atoms with Crippen molar-refractivity contribution in [3.63, 3.8) is 0 Å². The highest BCUT2D eigenvalue weighted by molar-refractivity contribution is 7.16. The van der Waals surface area contributed by atoms with Crippen molar-refractivity contribution in [1.82, 2.24) is 25.0 Å². The maximum atomic E-state index is 11.8. The predicted molar refractivity (Wildman–Crippen MR) is 121 cm³/mol. The molecule has 9 heteroatoms. The maximum absolute atomic E-state index is 11.8. The fourth-order valence-electron chi connectivity index (χ4n) is 4.55. The molecule has 2 aromatic heterocycles. The largest absolute Gasteiger partial charge is 0.346 e. The predicted octanol–water partition coefficient (Wildman–Crippen LogP) is 3.85. The number of anilines is 1. The van der Waals surface area contributed by atoms with E-state index in [4.69, 9.17) is 11.6 Å². The van der Waals surface area contributed by atoms with E-state index in [-0.39, 0.29) is 11.9 Å². The standard InChI is InChI=1S/C21H31ClN6OS/c1-3-27(14-16-8-10-18(22)30-16)21-25-24-20(17-9-11-19(29)23-17)28(21)13-12-26(2)15-6-4-5-7-15/h8,10,15,17H,3-7,9,11-14H2,1-2H3,(H,23,29). The van der Waals surface area contributed by atoms with Gasteiger partial charge in [0, 0.05) is 37.0 Å². The van der Waals surface area contributed by atoms with Crippen molar-refractivity contribution in [3.8, 4) is 0 Å². The minimum absolute atomic E-state index is 0.0505. The number of hydrogen-bond acceptors (Lipinski definition) is 6. The van der Waals surface area contributed by atoms with E-state index in [0.717, 1.165) is 48.7 Å². The Balaban J connectivity index is 1.56. The van der Waals surface area contributed by atoms with Gasteiger partial charge in [0.1, 0.15) is 0 Å². The molecule has 7 nitrogen and oxygen atoms in total. The van der Waals surface area contributed by atoms with Crippen LogP contribution in [0.15, 0.2) is 12.1 Å². The zero-order valence-corrected chi connectivity index (χ0v) is 19.4. The molecule has 3 heterocycles. The van der Waals surface area contributed by atoms with Gasteiger partial charge in [-0.1, -0.05) is 24.4 Å². The highest BCUT2D eigenvalue weighted by Crippen LogP contribution is 2.29. The van der Waals surface area contributed by atoms with Crippen LogP contribution in [0.5, 0.6) is 0 Å². The van der Waals surface area contributed by atoms with Gasteiger partial charge in [0.05, 0.1) is 16.9 Å². The van der Waals surface area contributed by atoms with Crippen molar-refractivity contribution < 1.29 is 4.79 Å². The van der Waals surface area contributed by atoms with E-state index in [9.17, 15) is 4.79 Å². The van der Waals surface area contributed by atoms with Crippen molar-refractivity contribution in [2.75, 3.05) is 25.0 Å². The maximum Gasteiger partial charge on any atom is 0.227 e. The number of nitrogens with zero attached hydrogens (tertiary/aromatic N) is 5. The van der Waals surface area contributed by atoms with Crippen LogP contribution in [0.1, 0.15) is 62.2 Å². The third-order valence-electron chi connectivity index (χ3n) is 6.33. The average Bonchev–Trinajstić information content (AvgIpc) is 3.51. The molecule has 164 valence electrons. The highest BCUT2D eigenvalue weighted by Gasteiger charge is 2.30. The van der Waals surface area contributed by atoms with Crippen LogP contribution in [-0.2, 0) is 17.9 Å². The number of carbonyl (C=O) groups excluding carboxylic acids is 1. The molecular formula is C21H31ClN6OS. The van der Waals surface area contributed by atoms with Crippen molar-refractivity contribution in [2.24, 2.45) is 0 Å². The molecule has 1 aliphatic heterocycles. The summed E-state index contributed by atoms with van der Waals surface area (Å²) in [5.41, 5.74) is 0. The quantitative estimate of drug-likeness (QED) is 0.628. The Hall–Kier alpha value is -1.64. The third-order valence-corrected chi connectivity index (χ3v) is 7.55. The first kappa shape index (κ1) is 21.6. The van der Waals surface area contributed by atoms with Gasteiger partial charge >= 0.3 is 0 Å². The molecule has 30 heavy (non-hydrogen) atoms. The van der Waals surface area contributed by atoms with E-state index in [0.29, 0.717) is 12.5 Å². The first-order chi connectivity index (χ1) is 14.5. The fraction of sp³-hybridized carbons (Fsp3) is 0.667. The average molecular weight is 451 g/mol. The number of carbonyl (C=O) groups is 1. The topological polar surface area (TPSA) is 66.3 Å². The lowest BCUT2D eigenvalue weighted by molar-refractivity contribution is -0.119. The number of aromatic nitrogens is 3. The van der Waals surface area contributed by atoms with E-state index in [1.807, 2.05) is 6.07 Å². The normalized spacial score (nSPS) is 19.7. The van der Waals surface area contributed by atoms with Crippen LogP contribution in [0.4, 0.5) is 5.95 Å². The number of halogens is 1. The lowest BCUT2D eigenvalue weighted by Gasteiger charge is -2.27. The van der Waals surface area contributed by atoms with E-state index >= 15 is 0 Å². The number of thiophene rings is 1. The molecule has 1 amide bonds. The lowest BCUT2D eigenvalue weighted by atomic mass is 10.2. The smallest absolute Gasteiger partial charge is 0.227 e. The van der Waals surface area contributed by atoms with Crippen LogP contribution < -0.4 is 10.2 Å². The summed E-state index contributed by atoms with van der Waals surface area (Å²) in [6.07, 6.45) is 6.58. The summed E-state index contributed by atoms with van der Waals surface area (Å²) >= 11 is 7.74. The summed E-state index contributed by atoms with van der Waals surface area (Å²) in [6.45, 7) is 5.48. The van der Waals surface area contributed by atoms with Crippen LogP contribution >= 0.6 is 22.9 Å². The van der Waals surface area contributed by atoms with Gasteiger partial charge in [-0.05, 0) is 45.4 Å². The molecule has 2 aliphatic rings. The Labute approximate surface area is 187 Å².